The number of hydrogen-bond acceptors (Lipinski definition) is 3. The molecule has 0 radical (unpaired) electrons. The number of aromatic hydroxyl groups is 1. The van der Waals surface area contributed by atoms with Gasteiger partial charge in [-0.2, -0.15) is 0 Å². The molecule has 2 bridgehead atoms. The molecule has 0 spiro atoms. The van der Waals surface area contributed by atoms with Crippen LogP contribution in [0.25, 0.3) is 0 Å². The van der Waals surface area contributed by atoms with E-state index in [4.69, 9.17) is 5.21 Å². The molecule has 0 aliphatic heterocycles. The minimum absolute atomic E-state index is 0.316. The van der Waals surface area contributed by atoms with E-state index in [-0.39, 0.29) is 5.88 Å². The molecule has 0 saturated carbocycles. The largest absolute Gasteiger partial charge is 0.492 e. The zero-order valence-corrected chi connectivity index (χ0v) is 6.45. The molecule has 4 nitrogen and oxygen atoms in total. The summed E-state index contributed by atoms with van der Waals surface area (Å²) in [5.41, 5.74) is 0.728. The molecule has 1 heterocycles. The lowest BCUT2D eigenvalue weighted by Crippen LogP contribution is -2.25. The van der Waals surface area contributed by atoms with E-state index in [1.807, 2.05) is 0 Å². The fraction of sp³-hybridized carbons (Fsp3) is 0.375. The molecule has 0 aromatic carbocycles. The summed E-state index contributed by atoms with van der Waals surface area (Å²) < 4.78 is 0.323. The van der Waals surface area contributed by atoms with Crippen molar-refractivity contribution in [2.24, 2.45) is 0 Å². The van der Waals surface area contributed by atoms with Crippen LogP contribution in [-0.4, -0.2) is 15.0 Å². The second kappa shape index (κ2) is 2.27. The van der Waals surface area contributed by atoms with Gasteiger partial charge in [0.1, 0.15) is 0 Å². The van der Waals surface area contributed by atoms with Crippen LogP contribution in [0, 0.1) is 0 Å². The van der Waals surface area contributed by atoms with Crippen LogP contribution in [0.2, 0.25) is 0 Å². The fourth-order valence-corrected chi connectivity index (χ4v) is 1.54. The van der Waals surface area contributed by atoms with Crippen molar-refractivity contribution in [1.29, 1.82) is 0 Å². The summed E-state index contributed by atoms with van der Waals surface area (Å²) in [6.45, 7) is 0. The predicted molar refractivity (Wildman–Crippen MR) is 41.6 cm³/mol. The van der Waals surface area contributed by atoms with Gasteiger partial charge in [-0.1, -0.05) is 0 Å². The quantitative estimate of drug-likeness (QED) is 0.545. The summed E-state index contributed by atoms with van der Waals surface area (Å²) in [5.74, 6) is -0.316. The van der Waals surface area contributed by atoms with Crippen molar-refractivity contribution in [1.82, 2.24) is 4.73 Å². The van der Waals surface area contributed by atoms with Gasteiger partial charge in [-0.25, -0.2) is 0 Å². The fourth-order valence-electron chi connectivity index (χ4n) is 1.54. The zero-order valence-electron chi connectivity index (χ0n) is 6.45. The molecular formula is C8H9NO3. The minimum atomic E-state index is -0.504. The first-order valence-corrected chi connectivity index (χ1v) is 3.86. The Balaban J connectivity index is 2.79. The van der Waals surface area contributed by atoms with Crippen LogP contribution in [0.3, 0.4) is 0 Å². The van der Waals surface area contributed by atoms with Gasteiger partial charge in [0.2, 0.25) is 5.88 Å². The van der Waals surface area contributed by atoms with Gasteiger partial charge in [-0.05, 0) is 25.3 Å². The Morgan fingerprint density at radius 2 is 2.00 bits per heavy atom. The van der Waals surface area contributed by atoms with Crippen LogP contribution in [0.4, 0.5) is 0 Å². The van der Waals surface area contributed by atoms with Gasteiger partial charge in [0, 0.05) is 11.1 Å². The van der Waals surface area contributed by atoms with Crippen molar-refractivity contribution in [2.45, 2.75) is 19.3 Å². The van der Waals surface area contributed by atoms with Crippen LogP contribution < -0.4 is 5.56 Å². The summed E-state index contributed by atoms with van der Waals surface area (Å²) >= 11 is 0. The highest BCUT2D eigenvalue weighted by Gasteiger charge is 2.16. The molecule has 2 rings (SSSR count). The molecule has 4 heteroatoms. The van der Waals surface area contributed by atoms with Gasteiger partial charge in [0.05, 0.1) is 0 Å². The molecule has 1 aromatic heterocycles. The number of aromatic nitrogens is 1. The molecule has 0 fully saturated rings. The summed E-state index contributed by atoms with van der Waals surface area (Å²) in [4.78, 5) is 11.2. The number of fused-ring (bicyclic) bond motifs is 2. The molecule has 1 aromatic rings. The lowest BCUT2D eigenvalue weighted by Gasteiger charge is -2.14. The number of pyridine rings is 1. The molecule has 0 atom stereocenters. The van der Waals surface area contributed by atoms with Crippen LogP contribution in [0.15, 0.2) is 10.9 Å². The van der Waals surface area contributed by atoms with Crippen LogP contribution >= 0.6 is 0 Å². The molecule has 12 heavy (non-hydrogen) atoms. The van der Waals surface area contributed by atoms with E-state index >= 15 is 0 Å². The second-order valence-corrected chi connectivity index (χ2v) is 2.99. The third kappa shape index (κ3) is 0.809. The SMILES string of the molecule is O=c1c2cc(c(O)n1O)CCC2. The van der Waals surface area contributed by atoms with Gasteiger partial charge in [-0.3, -0.25) is 4.79 Å². The molecule has 1 aliphatic carbocycles. The monoisotopic (exact) mass is 167 g/mol. The Morgan fingerprint density at radius 3 is 2.75 bits per heavy atom. The maximum absolute atomic E-state index is 11.2. The highest BCUT2D eigenvalue weighted by molar-refractivity contribution is 5.32. The summed E-state index contributed by atoms with van der Waals surface area (Å²) in [5, 5.41) is 18.3. The molecule has 2 N–H and O–H groups in total. The third-order valence-corrected chi connectivity index (χ3v) is 2.20. The van der Waals surface area contributed by atoms with Crippen LogP contribution in [0.1, 0.15) is 17.5 Å². The number of rotatable bonds is 0. The molecule has 0 saturated heterocycles. The first-order valence-electron chi connectivity index (χ1n) is 3.86. The van der Waals surface area contributed by atoms with Crippen molar-refractivity contribution in [3.05, 3.63) is 27.5 Å². The Morgan fingerprint density at radius 1 is 1.33 bits per heavy atom. The highest BCUT2D eigenvalue weighted by Crippen LogP contribution is 2.21. The summed E-state index contributed by atoms with van der Waals surface area (Å²) in [6, 6.07) is 1.66. The maximum atomic E-state index is 11.2. The topological polar surface area (TPSA) is 62.5 Å². The Labute approximate surface area is 68.7 Å². The molecule has 0 amide bonds. The van der Waals surface area contributed by atoms with Gasteiger partial charge >= 0.3 is 0 Å². The number of aryl methyl sites for hydroxylation is 2. The van der Waals surface area contributed by atoms with E-state index in [0.717, 1.165) is 12.8 Å². The first kappa shape index (κ1) is 7.21. The molecule has 64 valence electrons. The van der Waals surface area contributed by atoms with Crippen molar-refractivity contribution in [2.75, 3.05) is 0 Å². The molecule has 1 aliphatic rings. The molecular weight excluding hydrogens is 158 g/mol. The van der Waals surface area contributed by atoms with Crippen LogP contribution in [-0.2, 0) is 12.8 Å². The van der Waals surface area contributed by atoms with E-state index in [2.05, 4.69) is 0 Å². The Kier molecular flexibility index (Phi) is 1.36. The zero-order chi connectivity index (χ0) is 8.72. The van der Waals surface area contributed by atoms with E-state index < -0.39 is 5.56 Å². The average molecular weight is 167 g/mol. The summed E-state index contributed by atoms with van der Waals surface area (Å²) in [6.07, 6.45) is 2.27. The van der Waals surface area contributed by atoms with Gasteiger partial charge < -0.3 is 10.3 Å². The van der Waals surface area contributed by atoms with Crippen molar-refractivity contribution < 1.29 is 10.3 Å². The lowest BCUT2D eigenvalue weighted by molar-refractivity contribution is 0.140. The normalized spacial score (nSPS) is 14.7. The van der Waals surface area contributed by atoms with Gasteiger partial charge in [-0.15, -0.1) is 4.73 Å². The summed E-state index contributed by atoms with van der Waals surface area (Å²) in [7, 11) is 0. The third-order valence-electron chi connectivity index (χ3n) is 2.20. The van der Waals surface area contributed by atoms with Gasteiger partial charge in [0.15, 0.2) is 0 Å². The van der Waals surface area contributed by atoms with Crippen molar-refractivity contribution in [3.8, 4) is 5.88 Å². The van der Waals surface area contributed by atoms with Crippen LogP contribution in [0.5, 0.6) is 5.88 Å². The number of nitrogens with zero attached hydrogens (tertiary/aromatic N) is 1. The van der Waals surface area contributed by atoms with E-state index in [9.17, 15) is 9.90 Å². The average Bonchev–Trinajstić information content (AvgIpc) is 2.13. The highest BCUT2D eigenvalue weighted by atomic mass is 16.5. The van der Waals surface area contributed by atoms with Crippen molar-refractivity contribution in [3.63, 3.8) is 0 Å². The minimum Gasteiger partial charge on any atom is -0.492 e. The van der Waals surface area contributed by atoms with Crippen molar-refractivity contribution >= 4 is 0 Å². The first-order chi connectivity index (χ1) is 5.70. The second-order valence-electron chi connectivity index (χ2n) is 2.99. The maximum Gasteiger partial charge on any atom is 0.289 e. The van der Waals surface area contributed by atoms with E-state index in [1.54, 1.807) is 6.07 Å². The van der Waals surface area contributed by atoms with E-state index in [0.29, 0.717) is 22.3 Å². The number of hydrogen-bond donors (Lipinski definition) is 2. The predicted octanol–water partition coefficient (Wildman–Crippen LogP) is 0.280. The molecule has 0 unspecified atom stereocenters. The Hall–Kier alpha value is -1.45. The van der Waals surface area contributed by atoms with E-state index in [1.165, 1.54) is 0 Å². The Bertz CT molecular complexity index is 381. The smallest absolute Gasteiger partial charge is 0.289 e. The van der Waals surface area contributed by atoms with Gasteiger partial charge in [0.25, 0.3) is 5.56 Å². The lowest BCUT2D eigenvalue weighted by atomic mass is 9.98. The standard InChI is InChI=1S/C8H9NO3/c10-7-5-2-1-3-6(4-5)8(11)9(7)12/h4,10,12H,1-3H2.